The summed E-state index contributed by atoms with van der Waals surface area (Å²) in [4.78, 5) is 82.0. The largest absolute Gasteiger partial charge is 0.454 e. The van der Waals surface area contributed by atoms with Crippen LogP contribution < -0.4 is 39.6 Å². The molecule has 3 aliphatic heterocycles. The predicted molar refractivity (Wildman–Crippen MR) is 219 cm³/mol. The second-order valence-electron chi connectivity index (χ2n) is 17.3. The molecule has 7 rings (SSSR count). The number of carbonyl (C=O) groups excluding carboxylic acids is 6. The molecule has 20 nitrogen and oxygen atoms in total. The van der Waals surface area contributed by atoms with Gasteiger partial charge in [-0.3, -0.25) is 24.4 Å². The highest BCUT2D eigenvalue weighted by molar-refractivity contribution is 7.91. The number of alkyl carbamates (subject to hydrolysis) is 1. The zero-order valence-electron chi connectivity index (χ0n) is 35.1. The maximum Gasteiger partial charge on any atom is 0.411 e. The van der Waals surface area contributed by atoms with Gasteiger partial charge in [0.15, 0.2) is 23.0 Å². The topological polar surface area (TPSA) is 256 Å². The van der Waals surface area contributed by atoms with Gasteiger partial charge in [0.1, 0.15) is 29.3 Å². The van der Waals surface area contributed by atoms with E-state index in [1.54, 1.807) is 77.9 Å². The van der Waals surface area contributed by atoms with Crippen molar-refractivity contribution >= 4 is 57.4 Å². The van der Waals surface area contributed by atoms with E-state index in [4.69, 9.17) is 28.4 Å². The minimum absolute atomic E-state index is 0.0454. The van der Waals surface area contributed by atoms with E-state index >= 15 is 0 Å². The fourth-order valence-electron chi connectivity index (χ4n) is 6.91. The predicted octanol–water partition coefficient (Wildman–Crippen LogP) is 3.92. The molecule has 2 saturated carbocycles. The van der Waals surface area contributed by atoms with E-state index in [1.165, 1.54) is 17.1 Å². The molecule has 0 radical (unpaired) electrons. The molecular formula is C41H50N6O14S. The quantitative estimate of drug-likeness (QED) is 0.142. The highest BCUT2D eigenvalue weighted by Crippen LogP contribution is 2.46. The minimum Gasteiger partial charge on any atom is -0.454 e. The lowest BCUT2D eigenvalue weighted by Gasteiger charge is -2.36. The van der Waals surface area contributed by atoms with E-state index in [9.17, 15) is 37.2 Å². The van der Waals surface area contributed by atoms with E-state index in [0.717, 1.165) is 0 Å². The van der Waals surface area contributed by atoms with Gasteiger partial charge in [-0.2, -0.15) is 4.99 Å². The van der Waals surface area contributed by atoms with Gasteiger partial charge in [-0.25, -0.2) is 22.8 Å². The van der Waals surface area contributed by atoms with Crippen LogP contribution in [0.4, 0.5) is 21.0 Å². The van der Waals surface area contributed by atoms with Crippen LogP contribution in [0.2, 0.25) is 0 Å². The van der Waals surface area contributed by atoms with Crippen molar-refractivity contribution in [1.82, 2.24) is 20.3 Å². The minimum atomic E-state index is -3.93. The molecule has 334 valence electrons. The van der Waals surface area contributed by atoms with Crippen LogP contribution in [-0.2, 0) is 38.7 Å². The number of nitrogens with one attached hydrogen (secondary N) is 4. The van der Waals surface area contributed by atoms with Crippen molar-refractivity contribution in [1.29, 1.82) is 0 Å². The summed E-state index contributed by atoms with van der Waals surface area (Å²) < 4.78 is 59.1. The molecule has 5 atom stereocenters. The Balaban J connectivity index is 0.000000456. The summed E-state index contributed by atoms with van der Waals surface area (Å²) in [5.41, 5.74) is -2.46. The molecule has 2 aliphatic carbocycles. The second-order valence-corrected chi connectivity index (χ2v) is 19.3. The summed E-state index contributed by atoms with van der Waals surface area (Å²) >= 11 is 0. The lowest BCUT2D eigenvalue weighted by molar-refractivity contribution is -0.143. The number of likely N-dealkylation sites (tertiary alicyclic amines) is 1. The Hall–Kier alpha value is -6.34. The zero-order chi connectivity index (χ0) is 45.2. The number of benzene rings is 2. The normalized spacial score (nSPS) is 22.4. The van der Waals surface area contributed by atoms with Crippen LogP contribution in [0.15, 0.2) is 54.0 Å². The molecule has 5 amide bonds. The first kappa shape index (κ1) is 45.2. The Morgan fingerprint density at radius 2 is 1.56 bits per heavy atom. The Kier molecular flexibility index (Phi) is 12.8. The van der Waals surface area contributed by atoms with Crippen LogP contribution >= 0.6 is 0 Å². The number of nitrogens with zero attached hydrogens (tertiary/aromatic N) is 2. The van der Waals surface area contributed by atoms with Crippen LogP contribution in [0.5, 0.6) is 23.0 Å². The number of rotatable bonds is 11. The third-order valence-corrected chi connectivity index (χ3v) is 12.1. The fourth-order valence-corrected chi connectivity index (χ4v) is 8.28. The molecule has 4 N–H and O–H groups in total. The third-order valence-electron chi connectivity index (χ3n) is 10.3. The second kappa shape index (κ2) is 17.6. The number of anilines is 1. The zero-order valence-corrected chi connectivity index (χ0v) is 35.9. The van der Waals surface area contributed by atoms with Crippen molar-refractivity contribution in [2.75, 3.05) is 25.4 Å². The lowest BCUT2D eigenvalue weighted by Crippen LogP contribution is -2.60. The van der Waals surface area contributed by atoms with Gasteiger partial charge in [0.25, 0.3) is 5.91 Å². The lowest BCUT2D eigenvalue weighted by atomic mass is 9.85. The summed E-state index contributed by atoms with van der Waals surface area (Å²) in [6.07, 6.45) is 1.01. The third kappa shape index (κ3) is 10.7. The summed E-state index contributed by atoms with van der Waals surface area (Å²) in [6.45, 7) is 14.0. The van der Waals surface area contributed by atoms with Crippen LogP contribution in [0.1, 0.15) is 67.2 Å². The van der Waals surface area contributed by atoms with Gasteiger partial charge < -0.3 is 44.0 Å². The first-order chi connectivity index (χ1) is 29.1. The van der Waals surface area contributed by atoms with E-state index in [2.05, 4.69) is 32.2 Å². The maximum absolute atomic E-state index is 14.3. The summed E-state index contributed by atoms with van der Waals surface area (Å²) in [6, 6.07) is 7.31. The van der Waals surface area contributed by atoms with Crippen molar-refractivity contribution in [3.63, 3.8) is 0 Å². The van der Waals surface area contributed by atoms with Gasteiger partial charge in [-0.05, 0) is 69.7 Å². The summed E-state index contributed by atoms with van der Waals surface area (Å²) in [7, 11) is -3.93. The van der Waals surface area contributed by atoms with E-state index < -0.39 is 85.8 Å². The maximum atomic E-state index is 14.3. The molecular weight excluding hydrogens is 833 g/mol. The van der Waals surface area contributed by atoms with Crippen molar-refractivity contribution in [3.8, 4) is 23.0 Å². The molecule has 62 heavy (non-hydrogen) atoms. The SMILES string of the molecule is C=CC1C[C@]1(NC(=O)[C@@H]1C[C@@H](OC(=O)Nc2ccc3c(c2)OCO3)CN1C(=O)[C@@H](NC(=O)OC(C)(C)C)C(C)(C)C)C(=O)NS(=O)(=O)C1CC1.O=C=Nc1ccc2c(c1)OCO2. The number of isocyanates is 1. The molecule has 0 spiro atoms. The Labute approximate surface area is 358 Å². The number of sulfonamides is 1. The van der Waals surface area contributed by atoms with Crippen molar-refractivity contribution in [2.45, 2.75) is 102 Å². The van der Waals surface area contributed by atoms with Gasteiger partial charge in [0, 0.05) is 30.2 Å². The highest BCUT2D eigenvalue weighted by atomic mass is 32.2. The smallest absolute Gasteiger partial charge is 0.411 e. The molecule has 1 saturated heterocycles. The molecule has 2 aromatic carbocycles. The van der Waals surface area contributed by atoms with Crippen LogP contribution in [0.25, 0.3) is 0 Å². The van der Waals surface area contributed by atoms with Crippen LogP contribution in [0, 0.1) is 11.3 Å². The fraction of sp³-hybridized carbons (Fsp3) is 0.512. The Morgan fingerprint density at radius 1 is 0.935 bits per heavy atom. The first-order valence-corrected chi connectivity index (χ1v) is 21.3. The van der Waals surface area contributed by atoms with Gasteiger partial charge in [0.2, 0.25) is 41.5 Å². The monoisotopic (exact) mass is 882 g/mol. The Bertz CT molecular complexity index is 2280. The number of fused-ring (bicyclic) bond motifs is 2. The van der Waals surface area contributed by atoms with Gasteiger partial charge in [-0.1, -0.05) is 26.8 Å². The molecule has 21 heteroatoms. The van der Waals surface area contributed by atoms with E-state index in [0.29, 0.717) is 47.2 Å². The van der Waals surface area contributed by atoms with E-state index in [1.807, 2.05) is 0 Å². The molecule has 3 heterocycles. The molecule has 3 fully saturated rings. The van der Waals surface area contributed by atoms with Crippen molar-refractivity contribution in [3.05, 3.63) is 49.1 Å². The summed E-state index contributed by atoms with van der Waals surface area (Å²) in [5.74, 6) is -0.640. The van der Waals surface area contributed by atoms with Gasteiger partial charge >= 0.3 is 12.2 Å². The molecule has 2 aromatic rings. The van der Waals surface area contributed by atoms with Crippen LogP contribution in [0.3, 0.4) is 0 Å². The molecule has 0 aromatic heterocycles. The van der Waals surface area contributed by atoms with Crippen molar-refractivity contribution in [2.24, 2.45) is 16.3 Å². The average molecular weight is 883 g/mol. The number of hydrogen-bond acceptors (Lipinski definition) is 15. The van der Waals surface area contributed by atoms with Crippen LogP contribution in [-0.4, -0.2) is 104 Å². The van der Waals surface area contributed by atoms with Gasteiger partial charge in [-0.15, -0.1) is 6.58 Å². The number of aliphatic imine (C=N–C) groups is 1. The number of ether oxygens (including phenoxy) is 6. The molecule has 1 unspecified atom stereocenters. The highest BCUT2D eigenvalue weighted by Gasteiger charge is 2.62. The molecule has 5 aliphatic rings. The number of hydrogen-bond donors (Lipinski definition) is 4. The van der Waals surface area contributed by atoms with Crippen molar-refractivity contribution < 1.29 is 65.6 Å². The Morgan fingerprint density at radius 3 is 2.15 bits per heavy atom. The number of amides is 5. The first-order valence-electron chi connectivity index (χ1n) is 19.8. The summed E-state index contributed by atoms with van der Waals surface area (Å²) in [5, 5.41) is 7.24. The average Bonchev–Trinajstić information content (AvgIpc) is 3.99. The molecule has 0 bridgehead atoms. The standard InChI is InChI=1S/C33H45N5O11S.C8H5NO3/c1-8-18-15-33(18,28(41)37-50(44,45)21-10-11-21)36-26(39)22-14-20(48-29(42)34-19-9-12-23-24(13-19)47-17-46-23)16-38(22)27(40)25(31(2,3)4)35-30(43)49-32(5,6)7;10-4-9-6-1-2-7-8(3-6)12-5-11-7/h8-9,12-13,18,20-22,25H,1,10-11,14-17H2,2-7H3,(H,34,42)(H,35,43)(H,36,39)(H,37,41);1-3H,5H2/t18?,20-,22+,25-,33-;/m1./s1. The van der Waals surface area contributed by atoms with E-state index in [-0.39, 0.29) is 33.0 Å². The number of carbonyl (C=O) groups is 5. The van der Waals surface area contributed by atoms with Gasteiger partial charge in [0.05, 0.1) is 17.5 Å².